The van der Waals surface area contributed by atoms with Gasteiger partial charge < -0.3 is 20.4 Å². The van der Waals surface area contributed by atoms with Crippen molar-refractivity contribution in [2.75, 3.05) is 65.4 Å². The van der Waals surface area contributed by atoms with Crippen LogP contribution in [-0.4, -0.2) is 92.1 Å². The average molecular weight is 557 g/mol. The Labute approximate surface area is 213 Å². The number of nitrogens with one attached hydrogen (secondary N) is 2. The lowest BCUT2D eigenvalue weighted by Crippen LogP contribution is -2.47. The molecule has 1 aromatic carbocycles. The van der Waals surface area contributed by atoms with Crippen LogP contribution in [0.5, 0.6) is 0 Å². The van der Waals surface area contributed by atoms with Gasteiger partial charge in [0.05, 0.1) is 0 Å². The molecule has 2 fully saturated rings. The van der Waals surface area contributed by atoms with Gasteiger partial charge in [0.2, 0.25) is 0 Å². The summed E-state index contributed by atoms with van der Waals surface area (Å²) in [6.45, 7) is 18.8. The molecule has 3 rings (SSSR count). The van der Waals surface area contributed by atoms with Crippen molar-refractivity contribution in [1.29, 1.82) is 0 Å². The lowest BCUT2D eigenvalue weighted by atomic mass is 10.1. The van der Waals surface area contributed by atoms with Crippen LogP contribution in [0.4, 0.5) is 0 Å². The Balaban J connectivity index is 0.00000363. The molecule has 1 aromatic rings. The molecule has 0 amide bonds. The van der Waals surface area contributed by atoms with Crippen molar-refractivity contribution in [2.45, 2.75) is 46.2 Å². The SMILES string of the molecule is CCNC(=NCC(C)CN1CCN(CC)CC1)NCC1CCCN1Cc1ccccc1.I. The van der Waals surface area contributed by atoms with E-state index >= 15 is 0 Å². The molecule has 2 unspecified atom stereocenters. The number of hydrogen-bond acceptors (Lipinski definition) is 4. The molecule has 0 aromatic heterocycles. The van der Waals surface area contributed by atoms with Gasteiger partial charge in [0.15, 0.2) is 5.96 Å². The Bertz CT molecular complexity index is 647. The third kappa shape index (κ3) is 9.15. The molecule has 32 heavy (non-hydrogen) atoms. The molecule has 2 saturated heterocycles. The number of likely N-dealkylation sites (tertiary alicyclic amines) is 1. The highest BCUT2D eigenvalue weighted by Crippen LogP contribution is 2.19. The monoisotopic (exact) mass is 556 g/mol. The standard InChI is InChI=1S/C25H44N6.HI/c1-4-26-25(27-18-22(3)20-30-16-14-29(5-2)15-17-30)28-19-24-12-9-13-31(24)21-23-10-7-6-8-11-23;/h6-8,10-11,22,24H,4-5,9,12-21H2,1-3H3,(H2,26,27,28);1H. The van der Waals surface area contributed by atoms with Crippen LogP contribution in [0, 0.1) is 5.92 Å². The summed E-state index contributed by atoms with van der Waals surface area (Å²) in [6.07, 6.45) is 2.55. The highest BCUT2D eigenvalue weighted by atomic mass is 127. The van der Waals surface area contributed by atoms with Crippen LogP contribution < -0.4 is 10.6 Å². The fourth-order valence-corrected chi connectivity index (χ4v) is 4.74. The van der Waals surface area contributed by atoms with Crippen LogP contribution in [0.15, 0.2) is 35.3 Å². The van der Waals surface area contributed by atoms with Crippen molar-refractivity contribution >= 4 is 29.9 Å². The maximum absolute atomic E-state index is 4.92. The van der Waals surface area contributed by atoms with Crippen LogP contribution in [0.1, 0.15) is 39.2 Å². The maximum atomic E-state index is 4.92. The van der Waals surface area contributed by atoms with E-state index in [9.17, 15) is 0 Å². The normalized spacial score (nSPS) is 21.8. The number of piperazine rings is 1. The lowest BCUT2D eigenvalue weighted by Gasteiger charge is -2.35. The molecule has 2 N–H and O–H groups in total. The summed E-state index contributed by atoms with van der Waals surface area (Å²) < 4.78 is 0. The number of aliphatic imine (C=N–C) groups is 1. The summed E-state index contributed by atoms with van der Waals surface area (Å²) in [4.78, 5) is 12.7. The molecule has 0 spiro atoms. The fourth-order valence-electron chi connectivity index (χ4n) is 4.74. The van der Waals surface area contributed by atoms with Gasteiger partial charge in [0.1, 0.15) is 0 Å². The van der Waals surface area contributed by atoms with E-state index in [1.165, 1.54) is 57.7 Å². The molecule has 0 bridgehead atoms. The Morgan fingerprint density at radius 2 is 1.75 bits per heavy atom. The van der Waals surface area contributed by atoms with Gasteiger partial charge in [-0.05, 0) is 44.3 Å². The zero-order chi connectivity index (χ0) is 21.9. The van der Waals surface area contributed by atoms with Crippen molar-refractivity contribution in [3.8, 4) is 0 Å². The third-order valence-electron chi connectivity index (χ3n) is 6.62. The van der Waals surface area contributed by atoms with Crippen molar-refractivity contribution in [3.05, 3.63) is 35.9 Å². The van der Waals surface area contributed by atoms with E-state index in [0.29, 0.717) is 12.0 Å². The van der Waals surface area contributed by atoms with Gasteiger partial charge in [-0.1, -0.05) is 44.2 Å². The highest BCUT2D eigenvalue weighted by Gasteiger charge is 2.24. The van der Waals surface area contributed by atoms with Crippen molar-refractivity contribution in [1.82, 2.24) is 25.3 Å². The molecular weight excluding hydrogens is 511 g/mol. The first-order valence-electron chi connectivity index (χ1n) is 12.4. The number of guanidine groups is 1. The number of hydrogen-bond donors (Lipinski definition) is 2. The van der Waals surface area contributed by atoms with Crippen LogP contribution in [-0.2, 0) is 6.54 Å². The molecule has 2 aliphatic rings. The number of nitrogens with zero attached hydrogens (tertiary/aromatic N) is 4. The van der Waals surface area contributed by atoms with Gasteiger partial charge in [0.25, 0.3) is 0 Å². The van der Waals surface area contributed by atoms with E-state index in [4.69, 9.17) is 4.99 Å². The third-order valence-corrected chi connectivity index (χ3v) is 6.62. The molecular formula is C25H45IN6. The number of benzene rings is 1. The zero-order valence-corrected chi connectivity index (χ0v) is 22.8. The highest BCUT2D eigenvalue weighted by molar-refractivity contribution is 14.0. The maximum Gasteiger partial charge on any atom is 0.191 e. The number of likely N-dealkylation sites (N-methyl/N-ethyl adjacent to an activating group) is 1. The molecule has 0 aliphatic carbocycles. The molecule has 182 valence electrons. The zero-order valence-electron chi connectivity index (χ0n) is 20.4. The van der Waals surface area contributed by atoms with E-state index in [2.05, 4.69) is 76.4 Å². The minimum Gasteiger partial charge on any atom is -0.357 e. The van der Waals surface area contributed by atoms with E-state index in [1.807, 2.05) is 0 Å². The Kier molecular flexibility index (Phi) is 12.9. The predicted molar refractivity (Wildman–Crippen MR) is 147 cm³/mol. The van der Waals surface area contributed by atoms with E-state index in [0.717, 1.165) is 38.7 Å². The first-order valence-corrected chi connectivity index (χ1v) is 12.4. The quantitative estimate of drug-likeness (QED) is 0.264. The molecule has 0 saturated carbocycles. The number of halogens is 1. The Hall–Kier alpha value is -0.900. The Morgan fingerprint density at radius 1 is 1.03 bits per heavy atom. The second kappa shape index (κ2) is 15.1. The first-order chi connectivity index (χ1) is 15.2. The van der Waals surface area contributed by atoms with Gasteiger partial charge in [-0.25, -0.2) is 0 Å². The molecule has 0 radical (unpaired) electrons. The smallest absolute Gasteiger partial charge is 0.191 e. The minimum atomic E-state index is 0. The van der Waals surface area contributed by atoms with Gasteiger partial charge >= 0.3 is 0 Å². The van der Waals surface area contributed by atoms with Crippen LogP contribution in [0.2, 0.25) is 0 Å². The van der Waals surface area contributed by atoms with Gasteiger partial charge in [-0.15, -0.1) is 24.0 Å². The van der Waals surface area contributed by atoms with Gasteiger partial charge in [-0.2, -0.15) is 0 Å². The fraction of sp³-hybridized carbons (Fsp3) is 0.720. The van der Waals surface area contributed by atoms with E-state index in [1.54, 1.807) is 0 Å². The van der Waals surface area contributed by atoms with Crippen molar-refractivity contribution in [2.24, 2.45) is 10.9 Å². The van der Waals surface area contributed by atoms with Gasteiger partial charge in [-0.3, -0.25) is 9.89 Å². The molecule has 7 heteroatoms. The average Bonchev–Trinajstić information content (AvgIpc) is 3.23. The summed E-state index contributed by atoms with van der Waals surface area (Å²) >= 11 is 0. The van der Waals surface area contributed by atoms with E-state index in [-0.39, 0.29) is 24.0 Å². The lowest BCUT2D eigenvalue weighted by molar-refractivity contribution is 0.125. The minimum absolute atomic E-state index is 0. The molecule has 6 nitrogen and oxygen atoms in total. The van der Waals surface area contributed by atoms with Gasteiger partial charge in [0, 0.05) is 64.9 Å². The van der Waals surface area contributed by atoms with Crippen LogP contribution >= 0.6 is 24.0 Å². The summed E-state index contributed by atoms with van der Waals surface area (Å²) in [5.74, 6) is 1.54. The van der Waals surface area contributed by atoms with Crippen LogP contribution in [0.3, 0.4) is 0 Å². The summed E-state index contributed by atoms with van der Waals surface area (Å²) in [7, 11) is 0. The Morgan fingerprint density at radius 3 is 2.44 bits per heavy atom. The molecule has 2 aliphatic heterocycles. The molecule has 2 heterocycles. The largest absolute Gasteiger partial charge is 0.357 e. The predicted octanol–water partition coefficient (Wildman–Crippen LogP) is 3.10. The summed E-state index contributed by atoms with van der Waals surface area (Å²) in [6, 6.07) is 11.4. The topological polar surface area (TPSA) is 46.1 Å². The van der Waals surface area contributed by atoms with Crippen LogP contribution in [0.25, 0.3) is 0 Å². The first kappa shape index (κ1) is 27.3. The summed E-state index contributed by atoms with van der Waals surface area (Å²) in [5.41, 5.74) is 1.41. The van der Waals surface area contributed by atoms with E-state index < -0.39 is 0 Å². The van der Waals surface area contributed by atoms with Crippen molar-refractivity contribution < 1.29 is 0 Å². The summed E-state index contributed by atoms with van der Waals surface area (Å²) in [5, 5.41) is 7.07. The van der Waals surface area contributed by atoms with Crippen molar-refractivity contribution in [3.63, 3.8) is 0 Å². The molecule has 2 atom stereocenters. The second-order valence-corrected chi connectivity index (χ2v) is 9.19. The second-order valence-electron chi connectivity index (χ2n) is 9.19. The number of rotatable bonds is 10.